The molecule has 0 bridgehead atoms. The molecule has 0 unspecified atom stereocenters. The molecule has 3 aromatic rings. The number of hydrogen-bond acceptors (Lipinski definition) is 10. The summed E-state index contributed by atoms with van der Waals surface area (Å²) >= 11 is 0. The third-order valence-electron chi connectivity index (χ3n) is 7.78. The van der Waals surface area contributed by atoms with Crippen molar-refractivity contribution in [3.05, 3.63) is 71.9 Å². The van der Waals surface area contributed by atoms with Gasteiger partial charge >= 0.3 is 6.09 Å². The SMILES string of the molecule is CC(C)C(=Nc1ccccc1)C1=C(N)CCN(c2nc(Nc3ccc(N4CCCN(C(=O)OC(C)(C)C)CC4)cn3)ncc2F)C1. The van der Waals surface area contributed by atoms with Crippen LogP contribution in [0, 0.1) is 11.7 Å². The van der Waals surface area contributed by atoms with Gasteiger partial charge in [-0.05, 0) is 57.4 Å². The zero-order chi connectivity index (χ0) is 32.8. The molecule has 2 aliphatic heterocycles. The van der Waals surface area contributed by atoms with Crippen LogP contribution in [0.4, 0.5) is 38.1 Å². The summed E-state index contributed by atoms with van der Waals surface area (Å²) in [5, 5.41) is 3.12. The largest absolute Gasteiger partial charge is 0.444 e. The van der Waals surface area contributed by atoms with E-state index in [4.69, 9.17) is 15.5 Å². The molecule has 11 nitrogen and oxygen atoms in total. The van der Waals surface area contributed by atoms with Crippen molar-refractivity contribution in [2.24, 2.45) is 16.6 Å². The lowest BCUT2D eigenvalue weighted by Crippen LogP contribution is -2.39. The fourth-order valence-corrected chi connectivity index (χ4v) is 5.48. The van der Waals surface area contributed by atoms with Gasteiger partial charge < -0.3 is 30.5 Å². The van der Waals surface area contributed by atoms with Crippen LogP contribution in [0.25, 0.3) is 0 Å². The van der Waals surface area contributed by atoms with Gasteiger partial charge in [0, 0.05) is 57.0 Å². The second-order valence-corrected chi connectivity index (χ2v) is 12.9. The number of pyridine rings is 1. The van der Waals surface area contributed by atoms with Crippen LogP contribution in [0.3, 0.4) is 0 Å². The van der Waals surface area contributed by atoms with E-state index in [1.807, 2.05) is 68.1 Å². The van der Waals surface area contributed by atoms with Crippen LogP contribution in [0.1, 0.15) is 47.5 Å². The lowest BCUT2D eigenvalue weighted by atomic mass is 9.94. The van der Waals surface area contributed by atoms with Crippen molar-refractivity contribution in [2.75, 3.05) is 54.4 Å². The third kappa shape index (κ3) is 8.29. The fraction of sp³-hybridized carbons (Fsp3) is 0.441. The Morgan fingerprint density at radius 2 is 1.78 bits per heavy atom. The summed E-state index contributed by atoms with van der Waals surface area (Å²) in [6.45, 7) is 13.4. The molecule has 0 radical (unpaired) electrons. The van der Waals surface area contributed by atoms with Gasteiger partial charge in [0.05, 0.1) is 29.5 Å². The van der Waals surface area contributed by atoms with E-state index in [0.717, 1.165) is 41.3 Å². The number of carbonyl (C=O) groups excluding carboxylic acids is 1. The molecule has 46 heavy (non-hydrogen) atoms. The number of aliphatic imine (C=N–C) groups is 1. The lowest BCUT2D eigenvalue weighted by Gasteiger charge is -2.32. The van der Waals surface area contributed by atoms with Crippen LogP contribution in [0.15, 0.2) is 71.1 Å². The molecule has 3 N–H and O–H groups in total. The smallest absolute Gasteiger partial charge is 0.410 e. The van der Waals surface area contributed by atoms with Gasteiger partial charge in [-0.15, -0.1) is 0 Å². The molecule has 0 saturated carbocycles. The van der Waals surface area contributed by atoms with E-state index in [-0.39, 0.29) is 23.8 Å². The molecule has 1 fully saturated rings. The first-order valence-electron chi connectivity index (χ1n) is 15.8. The number of carbonyl (C=O) groups is 1. The summed E-state index contributed by atoms with van der Waals surface area (Å²) in [4.78, 5) is 36.6. The molecule has 12 heteroatoms. The van der Waals surface area contributed by atoms with Gasteiger partial charge in [0.25, 0.3) is 0 Å². The Morgan fingerprint density at radius 1 is 1.00 bits per heavy atom. The maximum Gasteiger partial charge on any atom is 0.410 e. The zero-order valence-electron chi connectivity index (χ0n) is 27.3. The summed E-state index contributed by atoms with van der Waals surface area (Å²) in [5.41, 5.74) is 10.3. The van der Waals surface area contributed by atoms with E-state index in [2.05, 4.69) is 39.0 Å². The summed E-state index contributed by atoms with van der Waals surface area (Å²) in [6, 6.07) is 13.6. The molecule has 244 valence electrons. The average Bonchev–Trinajstić information content (AvgIpc) is 3.28. The Labute approximate surface area is 270 Å². The number of aromatic nitrogens is 3. The van der Waals surface area contributed by atoms with E-state index in [0.29, 0.717) is 45.0 Å². The van der Waals surface area contributed by atoms with Gasteiger partial charge in [-0.2, -0.15) is 4.98 Å². The highest BCUT2D eigenvalue weighted by atomic mass is 19.1. The van der Waals surface area contributed by atoms with E-state index >= 15 is 4.39 Å². The summed E-state index contributed by atoms with van der Waals surface area (Å²) in [6.07, 6.45) is 4.06. The molecule has 0 spiro atoms. The Bertz CT molecular complexity index is 1570. The monoisotopic (exact) mass is 629 g/mol. The molecule has 0 aliphatic carbocycles. The maximum absolute atomic E-state index is 15.1. The van der Waals surface area contributed by atoms with Gasteiger partial charge in [0.15, 0.2) is 11.6 Å². The number of nitrogens with zero attached hydrogens (tertiary/aromatic N) is 7. The molecule has 1 amide bonds. The van der Waals surface area contributed by atoms with Gasteiger partial charge in [-0.25, -0.2) is 19.2 Å². The van der Waals surface area contributed by atoms with Crippen molar-refractivity contribution < 1.29 is 13.9 Å². The third-order valence-corrected chi connectivity index (χ3v) is 7.78. The zero-order valence-corrected chi connectivity index (χ0v) is 27.3. The minimum absolute atomic E-state index is 0.119. The van der Waals surface area contributed by atoms with Crippen molar-refractivity contribution in [1.82, 2.24) is 19.9 Å². The summed E-state index contributed by atoms with van der Waals surface area (Å²) in [5.74, 6) is 0.577. The second kappa shape index (κ2) is 14.1. The average molecular weight is 630 g/mol. The molecule has 1 saturated heterocycles. The van der Waals surface area contributed by atoms with Crippen LogP contribution in [-0.2, 0) is 4.74 Å². The van der Waals surface area contributed by atoms with E-state index in [1.54, 1.807) is 11.1 Å². The van der Waals surface area contributed by atoms with Crippen LogP contribution in [0.2, 0.25) is 0 Å². The van der Waals surface area contributed by atoms with Crippen LogP contribution in [-0.4, -0.2) is 76.5 Å². The maximum atomic E-state index is 15.1. The van der Waals surface area contributed by atoms with E-state index in [9.17, 15) is 4.79 Å². The number of para-hydroxylation sites is 1. The molecule has 2 aliphatic rings. The Morgan fingerprint density at radius 3 is 2.48 bits per heavy atom. The molecular weight excluding hydrogens is 585 g/mol. The Balaban J connectivity index is 1.26. The first-order valence-corrected chi connectivity index (χ1v) is 15.8. The minimum atomic E-state index is -0.527. The Kier molecular flexibility index (Phi) is 10.0. The number of rotatable bonds is 7. The van der Waals surface area contributed by atoms with Crippen LogP contribution in [0.5, 0.6) is 0 Å². The first-order chi connectivity index (χ1) is 22.0. The molecule has 2 aromatic heterocycles. The van der Waals surface area contributed by atoms with Gasteiger partial charge in [0.1, 0.15) is 11.4 Å². The number of anilines is 4. The van der Waals surface area contributed by atoms with Gasteiger partial charge in [-0.3, -0.25) is 4.99 Å². The normalized spacial score (nSPS) is 16.5. The molecular formula is C34H44FN9O2. The van der Waals surface area contributed by atoms with Gasteiger partial charge in [-0.1, -0.05) is 32.0 Å². The van der Waals surface area contributed by atoms with Crippen molar-refractivity contribution in [3.8, 4) is 0 Å². The standard InChI is InChI=1S/C34H44FN9O2/c1-23(2)30(39-24-10-7-6-8-11-24)26-22-44(17-14-28(26)36)31-27(35)21-38-32(41-31)40-29-13-12-25(20-37-29)42-15-9-16-43(19-18-42)33(45)46-34(3,4)5/h6-8,10-13,20-21,23H,9,14-19,22,36H2,1-5H3,(H,37,38,40,41). The van der Waals surface area contributed by atoms with Crippen molar-refractivity contribution >= 4 is 40.8 Å². The predicted molar refractivity (Wildman–Crippen MR) is 181 cm³/mol. The number of nitrogens with two attached hydrogens (primary N) is 1. The highest BCUT2D eigenvalue weighted by Gasteiger charge is 2.27. The highest BCUT2D eigenvalue weighted by Crippen LogP contribution is 2.28. The molecule has 0 atom stereocenters. The van der Waals surface area contributed by atoms with Crippen molar-refractivity contribution in [2.45, 2.75) is 53.1 Å². The number of halogens is 1. The molecule has 1 aromatic carbocycles. The number of amides is 1. The highest BCUT2D eigenvalue weighted by molar-refractivity contribution is 6.04. The number of hydrogen-bond donors (Lipinski definition) is 2. The quantitative estimate of drug-likeness (QED) is 0.300. The summed E-state index contributed by atoms with van der Waals surface area (Å²) < 4.78 is 20.7. The fourth-order valence-electron chi connectivity index (χ4n) is 5.48. The van der Waals surface area contributed by atoms with Gasteiger partial charge in [0.2, 0.25) is 5.95 Å². The Hall–Kier alpha value is -4.74. The molecule has 4 heterocycles. The molecule has 5 rings (SSSR count). The second-order valence-electron chi connectivity index (χ2n) is 12.9. The number of nitrogens with one attached hydrogen (secondary N) is 1. The predicted octanol–water partition coefficient (Wildman–Crippen LogP) is 6.05. The van der Waals surface area contributed by atoms with E-state index in [1.165, 1.54) is 6.20 Å². The summed E-state index contributed by atoms with van der Waals surface area (Å²) in [7, 11) is 0. The minimum Gasteiger partial charge on any atom is -0.444 e. The van der Waals surface area contributed by atoms with E-state index < -0.39 is 11.4 Å². The van der Waals surface area contributed by atoms with Crippen LogP contribution < -0.4 is 20.9 Å². The van der Waals surface area contributed by atoms with Crippen molar-refractivity contribution in [3.63, 3.8) is 0 Å². The number of benzene rings is 1. The first kappa shape index (κ1) is 32.6. The lowest BCUT2D eigenvalue weighted by molar-refractivity contribution is 0.0263. The van der Waals surface area contributed by atoms with Crippen LogP contribution >= 0.6 is 0 Å². The topological polar surface area (TPSA) is 125 Å². The number of ether oxygens (including phenoxy) is 1. The van der Waals surface area contributed by atoms with Crippen molar-refractivity contribution in [1.29, 1.82) is 0 Å².